The van der Waals surface area contributed by atoms with E-state index in [1.54, 1.807) is 24.3 Å². The Labute approximate surface area is 123 Å². The summed E-state index contributed by atoms with van der Waals surface area (Å²) < 4.78 is 28.6. The second kappa shape index (κ2) is 7.18. The van der Waals surface area contributed by atoms with Gasteiger partial charge in [-0.25, -0.2) is 0 Å². The van der Waals surface area contributed by atoms with Gasteiger partial charge in [0.05, 0.1) is 0 Å². The van der Waals surface area contributed by atoms with Crippen molar-refractivity contribution in [2.45, 2.75) is 32.5 Å². The molecule has 0 amide bonds. The Morgan fingerprint density at radius 1 is 0.810 bits per heavy atom. The molecule has 0 bridgehead atoms. The first-order chi connectivity index (χ1) is 10.1. The molecule has 2 atom stereocenters. The van der Waals surface area contributed by atoms with Crippen LogP contribution in [-0.4, -0.2) is 6.61 Å². The highest BCUT2D eigenvalue weighted by molar-refractivity contribution is 5.29. The highest BCUT2D eigenvalue weighted by Gasteiger charge is 2.11. The van der Waals surface area contributed by atoms with E-state index in [9.17, 15) is 8.78 Å². The Bertz CT molecular complexity index is 542. The maximum Gasteiger partial charge on any atom is 0.387 e. The van der Waals surface area contributed by atoms with Crippen LogP contribution >= 0.6 is 0 Å². The van der Waals surface area contributed by atoms with Crippen molar-refractivity contribution < 1.29 is 13.5 Å². The summed E-state index contributed by atoms with van der Waals surface area (Å²) in [7, 11) is 0. The first-order valence-corrected chi connectivity index (χ1v) is 6.92. The van der Waals surface area contributed by atoms with Crippen molar-refractivity contribution in [1.82, 2.24) is 5.32 Å². The zero-order valence-electron chi connectivity index (χ0n) is 12.1. The largest absolute Gasteiger partial charge is 0.435 e. The monoisotopic (exact) mass is 291 g/mol. The van der Waals surface area contributed by atoms with E-state index in [-0.39, 0.29) is 17.8 Å². The quantitative estimate of drug-likeness (QED) is 0.833. The summed E-state index contributed by atoms with van der Waals surface area (Å²) in [6, 6.07) is 17.2. The summed E-state index contributed by atoms with van der Waals surface area (Å²) in [4.78, 5) is 0. The topological polar surface area (TPSA) is 21.3 Å². The molecular formula is C17H19F2NO. The third kappa shape index (κ3) is 4.53. The number of ether oxygens (including phenoxy) is 1. The molecule has 112 valence electrons. The lowest BCUT2D eigenvalue weighted by Crippen LogP contribution is -2.22. The zero-order valence-corrected chi connectivity index (χ0v) is 12.1. The van der Waals surface area contributed by atoms with Crippen molar-refractivity contribution in [2.75, 3.05) is 0 Å². The van der Waals surface area contributed by atoms with Crippen LogP contribution < -0.4 is 10.1 Å². The molecule has 0 saturated carbocycles. The number of alkyl halides is 2. The van der Waals surface area contributed by atoms with Crippen LogP contribution in [0.2, 0.25) is 0 Å². The van der Waals surface area contributed by atoms with Crippen LogP contribution in [-0.2, 0) is 0 Å². The number of benzene rings is 2. The number of hydrogen-bond acceptors (Lipinski definition) is 2. The zero-order chi connectivity index (χ0) is 15.2. The highest BCUT2D eigenvalue weighted by Crippen LogP contribution is 2.22. The SMILES string of the molecule is CC(NC(C)c1ccc(OC(F)F)cc1)c1ccccc1. The van der Waals surface area contributed by atoms with E-state index in [2.05, 4.69) is 29.1 Å². The first kappa shape index (κ1) is 15.4. The van der Waals surface area contributed by atoms with E-state index in [1.807, 2.05) is 25.1 Å². The number of hydrogen-bond donors (Lipinski definition) is 1. The smallest absolute Gasteiger partial charge is 0.387 e. The highest BCUT2D eigenvalue weighted by atomic mass is 19.3. The van der Waals surface area contributed by atoms with Crippen molar-refractivity contribution in [1.29, 1.82) is 0 Å². The van der Waals surface area contributed by atoms with Crippen LogP contribution in [0.4, 0.5) is 8.78 Å². The van der Waals surface area contributed by atoms with Gasteiger partial charge < -0.3 is 10.1 Å². The van der Waals surface area contributed by atoms with E-state index in [0.717, 1.165) is 5.56 Å². The van der Waals surface area contributed by atoms with Gasteiger partial charge in [-0.3, -0.25) is 0 Å². The summed E-state index contributed by atoms with van der Waals surface area (Å²) in [5.74, 6) is 0.178. The van der Waals surface area contributed by atoms with Crippen molar-refractivity contribution in [3.8, 4) is 5.75 Å². The van der Waals surface area contributed by atoms with Gasteiger partial charge in [0, 0.05) is 12.1 Å². The molecular weight excluding hydrogens is 272 g/mol. The Morgan fingerprint density at radius 2 is 1.33 bits per heavy atom. The van der Waals surface area contributed by atoms with Gasteiger partial charge in [0.1, 0.15) is 5.75 Å². The van der Waals surface area contributed by atoms with Crippen molar-refractivity contribution in [2.24, 2.45) is 0 Å². The lowest BCUT2D eigenvalue weighted by atomic mass is 10.0. The summed E-state index contributed by atoms with van der Waals surface area (Å²) in [6.45, 7) is 1.35. The minimum Gasteiger partial charge on any atom is -0.435 e. The predicted molar refractivity (Wildman–Crippen MR) is 79.5 cm³/mol. The van der Waals surface area contributed by atoms with E-state index >= 15 is 0 Å². The Morgan fingerprint density at radius 3 is 1.86 bits per heavy atom. The molecule has 0 aliphatic carbocycles. The molecule has 2 nitrogen and oxygen atoms in total. The van der Waals surface area contributed by atoms with Crippen LogP contribution in [0, 0.1) is 0 Å². The van der Waals surface area contributed by atoms with Gasteiger partial charge in [-0.2, -0.15) is 8.78 Å². The molecule has 4 heteroatoms. The molecule has 2 rings (SSSR count). The molecule has 0 aromatic heterocycles. The Kier molecular flexibility index (Phi) is 5.28. The maximum absolute atomic E-state index is 12.1. The van der Waals surface area contributed by atoms with Gasteiger partial charge in [-0.05, 0) is 37.1 Å². The Hall–Kier alpha value is -1.94. The molecule has 0 heterocycles. The molecule has 0 aliphatic rings. The average molecular weight is 291 g/mol. The molecule has 21 heavy (non-hydrogen) atoms. The minimum absolute atomic E-state index is 0.112. The van der Waals surface area contributed by atoms with E-state index in [4.69, 9.17) is 0 Å². The van der Waals surface area contributed by atoms with Gasteiger partial charge in [0.2, 0.25) is 0 Å². The van der Waals surface area contributed by atoms with Gasteiger partial charge in [0.15, 0.2) is 0 Å². The third-order valence-corrected chi connectivity index (χ3v) is 3.40. The van der Waals surface area contributed by atoms with Crippen LogP contribution in [0.5, 0.6) is 5.75 Å². The molecule has 2 aromatic carbocycles. The molecule has 0 fully saturated rings. The van der Waals surface area contributed by atoms with Crippen LogP contribution in [0.3, 0.4) is 0 Å². The fourth-order valence-corrected chi connectivity index (χ4v) is 2.25. The van der Waals surface area contributed by atoms with Crippen molar-refractivity contribution in [3.63, 3.8) is 0 Å². The second-order valence-corrected chi connectivity index (χ2v) is 4.97. The molecule has 0 radical (unpaired) electrons. The van der Waals surface area contributed by atoms with Crippen molar-refractivity contribution in [3.05, 3.63) is 65.7 Å². The lowest BCUT2D eigenvalue weighted by molar-refractivity contribution is -0.0498. The van der Waals surface area contributed by atoms with Crippen LogP contribution in [0.15, 0.2) is 54.6 Å². The summed E-state index contributed by atoms with van der Waals surface area (Å²) >= 11 is 0. The van der Waals surface area contributed by atoms with Crippen LogP contribution in [0.1, 0.15) is 37.1 Å². The summed E-state index contributed by atoms with van der Waals surface area (Å²) in [6.07, 6.45) is 0. The van der Waals surface area contributed by atoms with E-state index in [0.29, 0.717) is 0 Å². The normalized spacial score (nSPS) is 14.0. The second-order valence-electron chi connectivity index (χ2n) is 4.97. The summed E-state index contributed by atoms with van der Waals surface area (Å²) in [5, 5.41) is 3.48. The third-order valence-electron chi connectivity index (χ3n) is 3.40. The van der Waals surface area contributed by atoms with Gasteiger partial charge >= 0.3 is 6.61 Å². The Balaban J connectivity index is 1.98. The number of rotatable bonds is 6. The van der Waals surface area contributed by atoms with Gasteiger partial charge in [0.25, 0.3) is 0 Å². The van der Waals surface area contributed by atoms with Gasteiger partial charge in [-0.1, -0.05) is 42.5 Å². The molecule has 2 aromatic rings. The standard InChI is InChI=1S/C17H19F2NO/c1-12(14-6-4-3-5-7-14)20-13(2)15-8-10-16(11-9-15)21-17(18)19/h3-13,17,20H,1-2H3. The molecule has 1 N–H and O–H groups in total. The fourth-order valence-electron chi connectivity index (χ4n) is 2.25. The van der Waals surface area contributed by atoms with Crippen molar-refractivity contribution >= 4 is 0 Å². The maximum atomic E-state index is 12.1. The summed E-state index contributed by atoms with van der Waals surface area (Å²) in [5.41, 5.74) is 2.24. The molecule has 2 unspecified atom stereocenters. The molecule has 0 aliphatic heterocycles. The van der Waals surface area contributed by atoms with Crippen LogP contribution in [0.25, 0.3) is 0 Å². The number of halogens is 2. The minimum atomic E-state index is -2.79. The predicted octanol–water partition coefficient (Wildman–Crippen LogP) is 4.70. The first-order valence-electron chi connectivity index (χ1n) is 6.92. The number of nitrogens with one attached hydrogen (secondary N) is 1. The van der Waals surface area contributed by atoms with E-state index in [1.165, 1.54) is 5.56 Å². The molecule has 0 spiro atoms. The van der Waals surface area contributed by atoms with Gasteiger partial charge in [-0.15, -0.1) is 0 Å². The fraction of sp³-hybridized carbons (Fsp3) is 0.294. The average Bonchev–Trinajstić information content (AvgIpc) is 2.48. The van der Waals surface area contributed by atoms with E-state index < -0.39 is 6.61 Å². The molecule has 0 saturated heterocycles. The lowest BCUT2D eigenvalue weighted by Gasteiger charge is -2.21.